The standard InChI is InChI=1S/C10H16N2O2/c1-7(2)9(10(13)14)6-8-4-5-12(3)11-8/h4-5,7,9H,6H2,1-3H3,(H,13,14). The molecule has 1 heterocycles. The quantitative estimate of drug-likeness (QED) is 0.790. The molecule has 0 aromatic carbocycles. The molecular formula is C10H16N2O2. The summed E-state index contributed by atoms with van der Waals surface area (Å²) in [6.07, 6.45) is 2.34. The second-order valence-electron chi connectivity index (χ2n) is 3.87. The van der Waals surface area contributed by atoms with E-state index in [1.807, 2.05) is 33.2 Å². The van der Waals surface area contributed by atoms with Crippen LogP contribution in [0.2, 0.25) is 0 Å². The molecule has 1 unspecified atom stereocenters. The number of nitrogens with zero attached hydrogens (tertiary/aromatic N) is 2. The van der Waals surface area contributed by atoms with E-state index in [4.69, 9.17) is 5.11 Å². The van der Waals surface area contributed by atoms with Gasteiger partial charge in [0.1, 0.15) is 0 Å². The number of aromatic nitrogens is 2. The van der Waals surface area contributed by atoms with Crippen LogP contribution in [0.5, 0.6) is 0 Å². The zero-order valence-corrected chi connectivity index (χ0v) is 8.77. The predicted octanol–water partition coefficient (Wildman–Crippen LogP) is 1.32. The molecule has 0 aliphatic heterocycles. The first-order valence-corrected chi connectivity index (χ1v) is 4.72. The largest absolute Gasteiger partial charge is 0.481 e. The molecule has 0 radical (unpaired) electrons. The van der Waals surface area contributed by atoms with Gasteiger partial charge in [-0.15, -0.1) is 0 Å². The number of rotatable bonds is 4. The van der Waals surface area contributed by atoms with Crippen molar-refractivity contribution in [2.75, 3.05) is 0 Å². The molecule has 0 fully saturated rings. The van der Waals surface area contributed by atoms with Crippen molar-refractivity contribution < 1.29 is 9.90 Å². The molecule has 14 heavy (non-hydrogen) atoms. The lowest BCUT2D eigenvalue weighted by Crippen LogP contribution is -2.22. The number of aliphatic carboxylic acids is 1. The van der Waals surface area contributed by atoms with Gasteiger partial charge >= 0.3 is 5.97 Å². The van der Waals surface area contributed by atoms with Crippen LogP contribution in [-0.2, 0) is 18.3 Å². The predicted molar refractivity (Wildman–Crippen MR) is 52.9 cm³/mol. The summed E-state index contributed by atoms with van der Waals surface area (Å²) in [7, 11) is 1.83. The smallest absolute Gasteiger partial charge is 0.307 e. The molecule has 0 bridgehead atoms. The third kappa shape index (κ3) is 2.58. The highest BCUT2D eigenvalue weighted by molar-refractivity contribution is 5.70. The van der Waals surface area contributed by atoms with Crippen molar-refractivity contribution in [2.45, 2.75) is 20.3 Å². The minimum atomic E-state index is -0.745. The Balaban J connectivity index is 2.69. The Labute approximate surface area is 83.5 Å². The lowest BCUT2D eigenvalue weighted by atomic mass is 9.91. The number of hydrogen-bond acceptors (Lipinski definition) is 2. The number of carboxylic acid groups (broad SMARTS) is 1. The van der Waals surface area contributed by atoms with Gasteiger partial charge in [-0.2, -0.15) is 5.10 Å². The van der Waals surface area contributed by atoms with E-state index in [2.05, 4.69) is 5.10 Å². The molecule has 1 aromatic heterocycles. The van der Waals surface area contributed by atoms with Crippen LogP contribution >= 0.6 is 0 Å². The average Bonchev–Trinajstić information content (AvgIpc) is 2.46. The second kappa shape index (κ2) is 4.26. The molecule has 78 valence electrons. The molecule has 4 heteroatoms. The minimum Gasteiger partial charge on any atom is -0.481 e. The van der Waals surface area contributed by atoms with E-state index < -0.39 is 5.97 Å². The first-order valence-electron chi connectivity index (χ1n) is 4.72. The van der Waals surface area contributed by atoms with Gasteiger partial charge in [-0.1, -0.05) is 13.8 Å². The molecule has 4 nitrogen and oxygen atoms in total. The average molecular weight is 196 g/mol. The van der Waals surface area contributed by atoms with Crippen molar-refractivity contribution in [3.05, 3.63) is 18.0 Å². The van der Waals surface area contributed by atoms with Crippen LogP contribution in [0.4, 0.5) is 0 Å². The lowest BCUT2D eigenvalue weighted by Gasteiger charge is -2.14. The van der Waals surface area contributed by atoms with Crippen LogP contribution in [0.1, 0.15) is 19.5 Å². The maximum atomic E-state index is 10.9. The van der Waals surface area contributed by atoms with Gasteiger partial charge in [-0.3, -0.25) is 9.48 Å². The Hall–Kier alpha value is -1.32. The third-order valence-electron chi connectivity index (χ3n) is 2.32. The van der Waals surface area contributed by atoms with Gasteiger partial charge in [0.15, 0.2) is 0 Å². The summed E-state index contributed by atoms with van der Waals surface area (Å²) in [4.78, 5) is 10.9. The number of carboxylic acids is 1. The normalized spacial score (nSPS) is 13.1. The van der Waals surface area contributed by atoms with Crippen LogP contribution in [-0.4, -0.2) is 20.9 Å². The van der Waals surface area contributed by atoms with Crippen molar-refractivity contribution in [3.63, 3.8) is 0 Å². The molecule has 1 atom stereocenters. The maximum Gasteiger partial charge on any atom is 0.307 e. The lowest BCUT2D eigenvalue weighted by molar-refractivity contribution is -0.143. The summed E-state index contributed by atoms with van der Waals surface area (Å²) in [6.45, 7) is 3.84. The molecule has 0 aliphatic rings. The monoisotopic (exact) mass is 196 g/mol. The highest BCUT2D eigenvalue weighted by atomic mass is 16.4. The molecule has 1 rings (SSSR count). The SMILES string of the molecule is CC(C)C(Cc1ccn(C)n1)C(=O)O. The second-order valence-corrected chi connectivity index (χ2v) is 3.87. The zero-order valence-electron chi connectivity index (χ0n) is 8.77. The Bertz CT molecular complexity index is 318. The van der Waals surface area contributed by atoms with Gasteiger partial charge in [-0.25, -0.2) is 0 Å². The van der Waals surface area contributed by atoms with Crippen molar-refractivity contribution in [1.82, 2.24) is 9.78 Å². The molecule has 0 amide bonds. The summed E-state index contributed by atoms with van der Waals surface area (Å²) < 4.78 is 1.69. The Morgan fingerprint density at radius 3 is 2.64 bits per heavy atom. The van der Waals surface area contributed by atoms with Crippen molar-refractivity contribution in [3.8, 4) is 0 Å². The van der Waals surface area contributed by atoms with Crippen LogP contribution in [0.15, 0.2) is 12.3 Å². The van der Waals surface area contributed by atoms with Crippen molar-refractivity contribution in [2.24, 2.45) is 18.9 Å². The van der Waals surface area contributed by atoms with E-state index >= 15 is 0 Å². The number of carbonyl (C=O) groups is 1. The van der Waals surface area contributed by atoms with E-state index in [9.17, 15) is 4.79 Å². The zero-order chi connectivity index (χ0) is 10.7. The fourth-order valence-corrected chi connectivity index (χ4v) is 1.41. The number of aryl methyl sites for hydroxylation is 1. The minimum absolute atomic E-state index is 0.134. The first-order chi connectivity index (χ1) is 6.50. The molecule has 0 saturated carbocycles. The summed E-state index contributed by atoms with van der Waals surface area (Å²) in [5, 5.41) is 13.1. The summed E-state index contributed by atoms with van der Waals surface area (Å²) in [6, 6.07) is 1.86. The summed E-state index contributed by atoms with van der Waals surface area (Å²) in [5.41, 5.74) is 0.841. The van der Waals surface area contributed by atoms with E-state index in [0.29, 0.717) is 6.42 Å². The van der Waals surface area contributed by atoms with Crippen LogP contribution in [0.3, 0.4) is 0 Å². The first kappa shape index (κ1) is 10.8. The van der Waals surface area contributed by atoms with Crippen LogP contribution in [0, 0.1) is 11.8 Å². The summed E-state index contributed by atoms with van der Waals surface area (Å²) in [5.74, 6) is -0.954. The summed E-state index contributed by atoms with van der Waals surface area (Å²) >= 11 is 0. The topological polar surface area (TPSA) is 55.1 Å². The Morgan fingerprint density at radius 1 is 1.64 bits per heavy atom. The van der Waals surface area contributed by atoms with Gasteiger partial charge < -0.3 is 5.11 Å². The Morgan fingerprint density at radius 2 is 2.29 bits per heavy atom. The van der Waals surface area contributed by atoms with Gasteiger partial charge in [0, 0.05) is 19.7 Å². The van der Waals surface area contributed by atoms with Crippen molar-refractivity contribution in [1.29, 1.82) is 0 Å². The molecule has 0 aliphatic carbocycles. The van der Waals surface area contributed by atoms with Gasteiger partial charge in [0.25, 0.3) is 0 Å². The van der Waals surface area contributed by atoms with Crippen molar-refractivity contribution >= 4 is 5.97 Å². The van der Waals surface area contributed by atoms with Crippen LogP contribution in [0.25, 0.3) is 0 Å². The van der Waals surface area contributed by atoms with E-state index in [0.717, 1.165) is 5.69 Å². The van der Waals surface area contributed by atoms with E-state index in [1.54, 1.807) is 4.68 Å². The molecule has 1 aromatic rings. The van der Waals surface area contributed by atoms with Crippen LogP contribution < -0.4 is 0 Å². The van der Waals surface area contributed by atoms with Gasteiger partial charge in [0.2, 0.25) is 0 Å². The molecule has 1 N–H and O–H groups in total. The Kier molecular flexibility index (Phi) is 3.28. The molecule has 0 saturated heterocycles. The van der Waals surface area contributed by atoms with Gasteiger partial charge in [0.05, 0.1) is 11.6 Å². The van der Waals surface area contributed by atoms with Gasteiger partial charge in [-0.05, 0) is 12.0 Å². The fourth-order valence-electron chi connectivity index (χ4n) is 1.41. The van der Waals surface area contributed by atoms with E-state index in [-0.39, 0.29) is 11.8 Å². The molecular weight excluding hydrogens is 180 g/mol. The molecule has 0 spiro atoms. The number of hydrogen-bond donors (Lipinski definition) is 1. The highest BCUT2D eigenvalue weighted by Gasteiger charge is 2.22. The third-order valence-corrected chi connectivity index (χ3v) is 2.32. The van der Waals surface area contributed by atoms with E-state index in [1.165, 1.54) is 0 Å². The highest BCUT2D eigenvalue weighted by Crippen LogP contribution is 2.16. The fraction of sp³-hybridized carbons (Fsp3) is 0.600. The maximum absolute atomic E-state index is 10.9.